The normalized spacial score (nSPS) is 21.6. The Morgan fingerprint density at radius 1 is 1.41 bits per heavy atom. The van der Waals surface area contributed by atoms with Crippen molar-refractivity contribution in [3.8, 4) is 0 Å². The standard InChI is InChI=1S/C17H16FN7O2/c1-23-17(27-9-21-23)16(26)24-5-4-12-14(20-8-19-12)15(24)13-6-11-3-2-10(18)7-25(11)22-13/h2-3,6-9,15,17H,4-5H2,1H3,(H,19,20). The molecule has 5 rings (SSSR count). The number of pyridine rings is 1. The SMILES string of the molecule is CN1N=COC1C(=O)N1CCc2[nH]cnc2C1c1cc2ccc(F)cn2n1. The maximum absolute atomic E-state index is 13.6. The van der Waals surface area contributed by atoms with Crippen molar-refractivity contribution in [2.24, 2.45) is 5.10 Å². The van der Waals surface area contributed by atoms with Crippen LogP contribution in [0.3, 0.4) is 0 Å². The van der Waals surface area contributed by atoms with Gasteiger partial charge in [0.2, 0.25) is 0 Å². The van der Waals surface area contributed by atoms with Crippen LogP contribution in [0.2, 0.25) is 0 Å². The molecule has 0 bridgehead atoms. The van der Waals surface area contributed by atoms with Crippen LogP contribution in [-0.4, -0.2) is 61.6 Å². The first-order valence-corrected chi connectivity index (χ1v) is 8.50. The molecule has 1 N–H and O–H groups in total. The van der Waals surface area contributed by atoms with Crippen LogP contribution >= 0.6 is 0 Å². The quantitative estimate of drug-likeness (QED) is 0.725. The van der Waals surface area contributed by atoms with E-state index in [0.29, 0.717) is 18.7 Å². The van der Waals surface area contributed by atoms with Gasteiger partial charge in [0.05, 0.1) is 29.4 Å². The van der Waals surface area contributed by atoms with Crippen LogP contribution in [0.1, 0.15) is 23.1 Å². The zero-order chi connectivity index (χ0) is 18.5. The van der Waals surface area contributed by atoms with Crippen molar-refractivity contribution in [2.45, 2.75) is 18.7 Å². The summed E-state index contributed by atoms with van der Waals surface area (Å²) in [5.74, 6) is -0.607. The Balaban J connectivity index is 1.59. The first-order valence-electron chi connectivity index (χ1n) is 8.50. The maximum Gasteiger partial charge on any atom is 0.287 e. The number of ether oxygens (including phenoxy) is 1. The summed E-state index contributed by atoms with van der Waals surface area (Å²) in [4.78, 5) is 22.4. The summed E-state index contributed by atoms with van der Waals surface area (Å²) < 4.78 is 20.4. The fourth-order valence-corrected chi connectivity index (χ4v) is 3.60. The molecule has 0 aromatic carbocycles. The number of hydrazone groups is 1. The molecule has 0 spiro atoms. The number of imidazole rings is 1. The highest BCUT2D eigenvalue weighted by Crippen LogP contribution is 2.34. The Bertz CT molecular complexity index is 1060. The third-order valence-corrected chi connectivity index (χ3v) is 4.90. The van der Waals surface area contributed by atoms with Gasteiger partial charge in [0, 0.05) is 25.7 Å². The third-order valence-electron chi connectivity index (χ3n) is 4.90. The van der Waals surface area contributed by atoms with Crippen molar-refractivity contribution in [3.63, 3.8) is 0 Å². The summed E-state index contributed by atoms with van der Waals surface area (Å²) >= 11 is 0. The summed E-state index contributed by atoms with van der Waals surface area (Å²) in [7, 11) is 1.68. The predicted molar refractivity (Wildman–Crippen MR) is 92.1 cm³/mol. The van der Waals surface area contributed by atoms with Gasteiger partial charge in [-0.25, -0.2) is 13.9 Å². The Morgan fingerprint density at radius 2 is 2.30 bits per heavy atom. The smallest absolute Gasteiger partial charge is 0.287 e. The van der Waals surface area contributed by atoms with Crippen molar-refractivity contribution < 1.29 is 13.9 Å². The molecular formula is C17H16FN7O2. The largest absolute Gasteiger partial charge is 0.447 e. The summed E-state index contributed by atoms with van der Waals surface area (Å²) in [5, 5.41) is 9.93. The molecule has 0 saturated carbocycles. The zero-order valence-corrected chi connectivity index (χ0v) is 14.4. The second-order valence-corrected chi connectivity index (χ2v) is 6.52. The molecule has 3 aromatic rings. The average Bonchev–Trinajstić information content (AvgIpc) is 3.38. The van der Waals surface area contributed by atoms with E-state index in [0.717, 1.165) is 16.9 Å². The van der Waals surface area contributed by atoms with Crippen LogP contribution in [0.15, 0.2) is 35.8 Å². The van der Waals surface area contributed by atoms with Gasteiger partial charge in [-0.3, -0.25) is 9.80 Å². The molecule has 9 nitrogen and oxygen atoms in total. The maximum atomic E-state index is 13.6. The van der Waals surface area contributed by atoms with E-state index in [1.54, 1.807) is 24.3 Å². The number of amides is 1. The van der Waals surface area contributed by atoms with Gasteiger partial charge in [-0.1, -0.05) is 0 Å². The van der Waals surface area contributed by atoms with Gasteiger partial charge in [-0.05, 0) is 18.2 Å². The number of carbonyl (C=O) groups excluding carboxylic acids is 1. The number of H-pyrrole nitrogens is 1. The number of rotatable bonds is 2. The van der Waals surface area contributed by atoms with Crippen molar-refractivity contribution in [3.05, 3.63) is 53.6 Å². The Labute approximate surface area is 153 Å². The number of halogens is 1. The van der Waals surface area contributed by atoms with Gasteiger partial charge in [0.15, 0.2) is 6.40 Å². The molecule has 2 unspecified atom stereocenters. The first kappa shape index (κ1) is 15.8. The fourth-order valence-electron chi connectivity index (χ4n) is 3.60. The lowest BCUT2D eigenvalue weighted by molar-refractivity contribution is -0.147. The molecular weight excluding hydrogens is 353 g/mol. The molecule has 5 heterocycles. The minimum atomic E-state index is -0.817. The van der Waals surface area contributed by atoms with E-state index in [2.05, 4.69) is 20.2 Å². The summed E-state index contributed by atoms with van der Waals surface area (Å²) in [6, 6.07) is 4.37. The molecule has 0 fully saturated rings. The molecule has 2 atom stereocenters. The molecule has 1 amide bonds. The van der Waals surface area contributed by atoms with E-state index in [4.69, 9.17) is 4.74 Å². The lowest BCUT2D eigenvalue weighted by atomic mass is 9.99. The van der Waals surface area contributed by atoms with Crippen molar-refractivity contribution in [2.75, 3.05) is 13.6 Å². The van der Waals surface area contributed by atoms with Crippen molar-refractivity contribution >= 4 is 17.8 Å². The lowest BCUT2D eigenvalue weighted by Crippen LogP contribution is -2.49. The number of nitrogens with one attached hydrogen (secondary N) is 1. The van der Waals surface area contributed by atoms with Crippen LogP contribution in [0, 0.1) is 5.82 Å². The summed E-state index contributed by atoms with van der Waals surface area (Å²) in [5.41, 5.74) is 3.05. The second kappa shape index (κ2) is 5.79. The number of aromatic amines is 1. The molecule has 2 aliphatic rings. The van der Waals surface area contributed by atoms with Crippen LogP contribution in [0.5, 0.6) is 0 Å². The van der Waals surface area contributed by atoms with Crippen LogP contribution in [0.25, 0.3) is 5.52 Å². The van der Waals surface area contributed by atoms with Gasteiger partial charge in [0.1, 0.15) is 11.9 Å². The zero-order valence-electron chi connectivity index (χ0n) is 14.4. The van der Waals surface area contributed by atoms with E-state index in [-0.39, 0.29) is 11.7 Å². The number of likely N-dealkylation sites (N-methyl/N-ethyl adjacent to an activating group) is 1. The van der Waals surface area contributed by atoms with E-state index in [1.165, 1.54) is 28.2 Å². The third kappa shape index (κ3) is 2.44. The molecule has 0 aliphatic carbocycles. The molecule has 138 valence electrons. The van der Waals surface area contributed by atoms with Crippen molar-refractivity contribution in [1.29, 1.82) is 0 Å². The molecule has 0 radical (unpaired) electrons. The Hall–Kier alpha value is -3.43. The highest BCUT2D eigenvalue weighted by molar-refractivity contribution is 5.83. The number of hydrogen-bond donors (Lipinski definition) is 1. The van der Waals surface area contributed by atoms with E-state index in [1.807, 2.05) is 6.07 Å². The Kier molecular flexibility index (Phi) is 3.39. The summed E-state index contributed by atoms with van der Waals surface area (Å²) in [6.45, 7) is 0.481. The van der Waals surface area contributed by atoms with E-state index >= 15 is 0 Å². The Morgan fingerprint density at radius 3 is 3.11 bits per heavy atom. The number of hydrogen-bond acceptors (Lipinski definition) is 6. The molecule has 27 heavy (non-hydrogen) atoms. The number of fused-ring (bicyclic) bond motifs is 2. The van der Waals surface area contributed by atoms with Crippen LogP contribution in [0.4, 0.5) is 4.39 Å². The number of aromatic nitrogens is 4. The van der Waals surface area contributed by atoms with Gasteiger partial charge in [-0.2, -0.15) is 5.10 Å². The predicted octanol–water partition coefficient (Wildman–Crippen LogP) is 0.902. The molecule has 0 saturated heterocycles. The average molecular weight is 369 g/mol. The second-order valence-electron chi connectivity index (χ2n) is 6.52. The van der Waals surface area contributed by atoms with Crippen LogP contribution in [-0.2, 0) is 16.0 Å². The highest BCUT2D eigenvalue weighted by Gasteiger charge is 2.41. The minimum absolute atomic E-state index is 0.225. The van der Waals surface area contributed by atoms with Gasteiger partial charge < -0.3 is 14.6 Å². The van der Waals surface area contributed by atoms with Gasteiger partial charge in [0.25, 0.3) is 12.1 Å². The topological polar surface area (TPSA) is 91.1 Å². The monoisotopic (exact) mass is 369 g/mol. The molecule has 2 aliphatic heterocycles. The number of nitrogens with zero attached hydrogens (tertiary/aromatic N) is 6. The summed E-state index contributed by atoms with van der Waals surface area (Å²) in [6.07, 6.45) is 4.01. The van der Waals surface area contributed by atoms with Crippen LogP contribution < -0.4 is 0 Å². The molecule has 10 heteroatoms. The molecule has 3 aromatic heterocycles. The fraction of sp³-hybridized carbons (Fsp3) is 0.294. The highest BCUT2D eigenvalue weighted by atomic mass is 19.1. The van der Waals surface area contributed by atoms with Gasteiger partial charge in [-0.15, -0.1) is 5.10 Å². The van der Waals surface area contributed by atoms with Crippen molar-refractivity contribution in [1.82, 2.24) is 29.5 Å². The minimum Gasteiger partial charge on any atom is -0.447 e. The van der Waals surface area contributed by atoms with Gasteiger partial charge >= 0.3 is 0 Å². The van der Waals surface area contributed by atoms with E-state index in [9.17, 15) is 9.18 Å². The first-order chi connectivity index (χ1) is 13.1. The van der Waals surface area contributed by atoms with E-state index < -0.39 is 12.3 Å². The lowest BCUT2D eigenvalue weighted by Gasteiger charge is -2.35. The number of carbonyl (C=O) groups is 1.